The van der Waals surface area contributed by atoms with Gasteiger partial charge in [-0.15, -0.1) is 0 Å². The average Bonchev–Trinajstić information content (AvgIpc) is 2.77. The molecular formula is C23H22N4O2S. The third kappa shape index (κ3) is 5.16. The van der Waals surface area contributed by atoms with Gasteiger partial charge >= 0.3 is 0 Å². The van der Waals surface area contributed by atoms with E-state index in [1.807, 2.05) is 56.3 Å². The lowest BCUT2D eigenvalue weighted by Crippen LogP contribution is -2.25. The van der Waals surface area contributed by atoms with E-state index in [9.17, 15) is 10.1 Å². The summed E-state index contributed by atoms with van der Waals surface area (Å²) in [6, 6.07) is 16.9. The molecule has 0 aliphatic rings. The number of pyridine rings is 2. The second-order valence-electron chi connectivity index (χ2n) is 6.61. The molecule has 2 heterocycles. The van der Waals surface area contributed by atoms with Crippen LogP contribution in [0.15, 0.2) is 59.8 Å². The molecule has 0 aliphatic heterocycles. The van der Waals surface area contributed by atoms with Gasteiger partial charge in [-0.3, -0.25) is 4.79 Å². The molecule has 0 fully saturated rings. The van der Waals surface area contributed by atoms with Crippen molar-refractivity contribution in [2.75, 3.05) is 12.4 Å². The van der Waals surface area contributed by atoms with Gasteiger partial charge in [-0.25, -0.2) is 9.97 Å². The Kier molecular flexibility index (Phi) is 7.04. The lowest BCUT2D eigenvalue weighted by atomic mass is 10.1. The molecule has 0 aliphatic carbocycles. The van der Waals surface area contributed by atoms with E-state index in [-0.39, 0.29) is 5.91 Å². The average molecular weight is 419 g/mol. The zero-order valence-corrected chi connectivity index (χ0v) is 17.9. The number of methoxy groups -OCH3 is 1. The van der Waals surface area contributed by atoms with Crippen LogP contribution in [0.5, 0.6) is 5.75 Å². The van der Waals surface area contributed by atoms with Crippen LogP contribution in [0.2, 0.25) is 0 Å². The first-order valence-corrected chi connectivity index (χ1v) is 10.4. The molecule has 3 aromatic rings. The van der Waals surface area contributed by atoms with Gasteiger partial charge in [0.2, 0.25) is 5.91 Å². The minimum Gasteiger partial charge on any atom is -0.497 e. The van der Waals surface area contributed by atoms with E-state index in [4.69, 9.17) is 4.74 Å². The molecule has 0 saturated heterocycles. The summed E-state index contributed by atoms with van der Waals surface area (Å²) in [6.07, 6.45) is 2.24. The number of hydrogen-bond donors (Lipinski definition) is 1. The monoisotopic (exact) mass is 418 g/mol. The van der Waals surface area contributed by atoms with Crippen molar-refractivity contribution in [2.45, 2.75) is 30.5 Å². The Morgan fingerprint density at radius 2 is 2.00 bits per heavy atom. The normalized spacial score (nSPS) is 11.4. The van der Waals surface area contributed by atoms with Crippen molar-refractivity contribution in [3.63, 3.8) is 0 Å². The molecule has 0 spiro atoms. The third-order valence-electron chi connectivity index (χ3n) is 4.45. The number of hydrogen-bond acceptors (Lipinski definition) is 6. The highest BCUT2D eigenvalue weighted by Gasteiger charge is 2.21. The summed E-state index contributed by atoms with van der Waals surface area (Å²) in [5.74, 6) is 1.11. The number of thioether (sulfide) groups is 1. The van der Waals surface area contributed by atoms with Crippen LogP contribution in [0.4, 0.5) is 5.82 Å². The van der Waals surface area contributed by atoms with Crippen LogP contribution < -0.4 is 10.1 Å². The summed E-state index contributed by atoms with van der Waals surface area (Å²) in [6.45, 7) is 3.87. The summed E-state index contributed by atoms with van der Waals surface area (Å²) < 4.78 is 5.20. The molecule has 1 aromatic carbocycles. The van der Waals surface area contributed by atoms with Gasteiger partial charge in [-0.05, 0) is 67.4 Å². The SMILES string of the molecule is CCC(Sc1nc(-c2ccc(OC)cc2)ccc1C#N)C(=O)Nc1cc(C)ccn1. The summed E-state index contributed by atoms with van der Waals surface area (Å²) in [5, 5.41) is 12.5. The highest BCUT2D eigenvalue weighted by atomic mass is 32.2. The zero-order chi connectivity index (χ0) is 21.5. The molecule has 7 heteroatoms. The number of aromatic nitrogens is 2. The summed E-state index contributed by atoms with van der Waals surface area (Å²) in [5.41, 5.74) is 3.09. The van der Waals surface area contributed by atoms with Gasteiger partial charge in [0.05, 0.1) is 23.6 Å². The van der Waals surface area contributed by atoms with Crippen molar-refractivity contribution in [3.8, 4) is 23.1 Å². The van der Waals surface area contributed by atoms with Crippen molar-refractivity contribution in [1.82, 2.24) is 9.97 Å². The Labute approximate surface area is 180 Å². The molecule has 1 amide bonds. The number of nitrogens with one attached hydrogen (secondary N) is 1. The third-order valence-corrected chi connectivity index (χ3v) is 5.82. The molecule has 6 nitrogen and oxygen atoms in total. The number of ether oxygens (including phenoxy) is 1. The molecular weight excluding hydrogens is 396 g/mol. The number of anilines is 1. The van der Waals surface area contributed by atoms with Crippen molar-refractivity contribution in [3.05, 3.63) is 65.9 Å². The van der Waals surface area contributed by atoms with Gasteiger partial charge in [-0.1, -0.05) is 18.7 Å². The number of nitriles is 1. The molecule has 3 rings (SSSR count). The number of amides is 1. The Bertz CT molecular complexity index is 1080. The largest absolute Gasteiger partial charge is 0.497 e. The molecule has 0 saturated carbocycles. The van der Waals surface area contributed by atoms with Crippen LogP contribution >= 0.6 is 11.8 Å². The number of rotatable bonds is 7. The molecule has 30 heavy (non-hydrogen) atoms. The first-order chi connectivity index (χ1) is 14.5. The van der Waals surface area contributed by atoms with E-state index >= 15 is 0 Å². The van der Waals surface area contributed by atoms with Crippen molar-refractivity contribution >= 4 is 23.5 Å². The van der Waals surface area contributed by atoms with Crippen LogP contribution in [0.3, 0.4) is 0 Å². The Morgan fingerprint density at radius 3 is 2.63 bits per heavy atom. The topological polar surface area (TPSA) is 87.9 Å². The van der Waals surface area contributed by atoms with Crippen LogP contribution in [0.1, 0.15) is 24.5 Å². The number of carbonyl (C=O) groups is 1. The number of nitrogens with zero attached hydrogens (tertiary/aromatic N) is 3. The quantitative estimate of drug-likeness (QED) is 0.552. The summed E-state index contributed by atoms with van der Waals surface area (Å²) >= 11 is 1.29. The van der Waals surface area contributed by atoms with Crippen molar-refractivity contribution in [1.29, 1.82) is 5.26 Å². The van der Waals surface area contributed by atoms with Crippen LogP contribution in [0.25, 0.3) is 11.3 Å². The van der Waals surface area contributed by atoms with E-state index in [2.05, 4.69) is 21.4 Å². The van der Waals surface area contributed by atoms with Gasteiger partial charge in [0.25, 0.3) is 0 Å². The van der Waals surface area contributed by atoms with Gasteiger partial charge in [0, 0.05) is 11.8 Å². The predicted octanol–water partition coefficient (Wildman–Crippen LogP) is 4.84. The second-order valence-corrected chi connectivity index (χ2v) is 7.80. The van der Waals surface area contributed by atoms with E-state index in [0.29, 0.717) is 22.8 Å². The maximum Gasteiger partial charge on any atom is 0.239 e. The lowest BCUT2D eigenvalue weighted by molar-refractivity contribution is -0.115. The first kappa shape index (κ1) is 21.3. The number of benzene rings is 1. The van der Waals surface area contributed by atoms with Crippen LogP contribution in [0, 0.1) is 18.3 Å². The van der Waals surface area contributed by atoms with E-state index < -0.39 is 5.25 Å². The number of carbonyl (C=O) groups excluding carboxylic acids is 1. The fourth-order valence-corrected chi connectivity index (χ4v) is 3.80. The Balaban J connectivity index is 1.83. The van der Waals surface area contributed by atoms with Gasteiger partial charge in [0.15, 0.2) is 0 Å². The standard InChI is InChI=1S/C23H22N4O2S/c1-4-20(22(28)27-21-13-15(2)11-12-25-21)30-23-17(14-24)7-10-19(26-23)16-5-8-18(29-3)9-6-16/h5-13,20H,4H2,1-3H3,(H,25,27,28). The Hall–Kier alpha value is -3.37. The highest BCUT2D eigenvalue weighted by molar-refractivity contribution is 8.00. The maximum absolute atomic E-state index is 12.8. The van der Waals surface area contributed by atoms with Gasteiger partial charge in [-0.2, -0.15) is 5.26 Å². The Morgan fingerprint density at radius 1 is 1.23 bits per heavy atom. The molecule has 2 aromatic heterocycles. The maximum atomic E-state index is 12.8. The van der Waals surface area contributed by atoms with Gasteiger partial charge < -0.3 is 10.1 Å². The number of aryl methyl sites for hydroxylation is 1. The lowest BCUT2D eigenvalue weighted by Gasteiger charge is -2.15. The predicted molar refractivity (Wildman–Crippen MR) is 118 cm³/mol. The molecule has 152 valence electrons. The van der Waals surface area contributed by atoms with Gasteiger partial charge in [0.1, 0.15) is 22.7 Å². The molecule has 1 N–H and O–H groups in total. The van der Waals surface area contributed by atoms with Crippen molar-refractivity contribution < 1.29 is 9.53 Å². The zero-order valence-electron chi connectivity index (χ0n) is 17.0. The minimum absolute atomic E-state index is 0.166. The first-order valence-electron chi connectivity index (χ1n) is 9.49. The fourth-order valence-electron chi connectivity index (χ4n) is 2.81. The molecule has 1 atom stereocenters. The summed E-state index contributed by atoms with van der Waals surface area (Å²) in [7, 11) is 1.62. The van der Waals surface area contributed by atoms with E-state index in [1.165, 1.54) is 11.8 Å². The van der Waals surface area contributed by atoms with E-state index in [1.54, 1.807) is 19.4 Å². The summed E-state index contributed by atoms with van der Waals surface area (Å²) in [4.78, 5) is 21.6. The van der Waals surface area contributed by atoms with E-state index in [0.717, 1.165) is 22.6 Å². The smallest absolute Gasteiger partial charge is 0.239 e. The van der Waals surface area contributed by atoms with Crippen LogP contribution in [-0.2, 0) is 4.79 Å². The van der Waals surface area contributed by atoms with Crippen molar-refractivity contribution in [2.24, 2.45) is 0 Å². The highest BCUT2D eigenvalue weighted by Crippen LogP contribution is 2.30. The molecule has 1 unspecified atom stereocenters. The molecule has 0 bridgehead atoms. The van der Waals surface area contributed by atoms with Crippen LogP contribution in [-0.4, -0.2) is 28.2 Å². The minimum atomic E-state index is -0.405. The fraction of sp³-hybridized carbons (Fsp3) is 0.217. The second kappa shape index (κ2) is 9.90. The molecule has 0 radical (unpaired) electrons.